The van der Waals surface area contributed by atoms with Crippen LogP contribution in [0.2, 0.25) is 0 Å². The van der Waals surface area contributed by atoms with Crippen molar-refractivity contribution in [3.8, 4) is 0 Å². The summed E-state index contributed by atoms with van der Waals surface area (Å²) in [5.41, 5.74) is 3.35. The smallest absolute Gasteiger partial charge is 0.175 e. The van der Waals surface area contributed by atoms with Gasteiger partial charge in [0.25, 0.3) is 0 Å². The number of hydrogen-bond donors (Lipinski definition) is 2. The zero-order valence-electron chi connectivity index (χ0n) is 11.6. The fourth-order valence-corrected chi connectivity index (χ4v) is 2.64. The van der Waals surface area contributed by atoms with Gasteiger partial charge in [0.1, 0.15) is 0 Å². The highest BCUT2D eigenvalue weighted by Crippen LogP contribution is 2.24. The van der Waals surface area contributed by atoms with Crippen molar-refractivity contribution < 1.29 is 0 Å². The Hall–Kier alpha value is -1.52. The number of para-hydroxylation sites is 1. The van der Waals surface area contributed by atoms with Crippen LogP contribution in [0.1, 0.15) is 12.5 Å². The Balaban J connectivity index is 2.01. The van der Waals surface area contributed by atoms with Crippen LogP contribution < -0.4 is 10.6 Å². The first kappa shape index (κ1) is 14.9. The molecule has 0 amide bonds. The van der Waals surface area contributed by atoms with E-state index in [1.54, 1.807) is 11.8 Å². The first-order chi connectivity index (χ1) is 9.72. The molecule has 0 bridgehead atoms. The second-order valence-electron chi connectivity index (χ2n) is 4.33. The molecule has 0 aliphatic rings. The van der Waals surface area contributed by atoms with E-state index >= 15 is 0 Å². The maximum Gasteiger partial charge on any atom is 0.175 e. The highest BCUT2D eigenvalue weighted by Gasteiger charge is 2.03. The standard InChI is InChI=1S/C16H18N2S2/c1-3-12-8-10-13(11-9-12)17-16(19)18-14-6-4-5-7-15(14)20-2/h4-11H,3H2,1-2H3,(H2,17,18,19). The Morgan fingerprint density at radius 1 is 1.05 bits per heavy atom. The van der Waals surface area contributed by atoms with Crippen LogP contribution >= 0.6 is 24.0 Å². The molecule has 4 heteroatoms. The molecule has 104 valence electrons. The zero-order chi connectivity index (χ0) is 14.4. The highest BCUT2D eigenvalue weighted by molar-refractivity contribution is 7.98. The minimum absolute atomic E-state index is 0.607. The van der Waals surface area contributed by atoms with Crippen LogP contribution in [0.15, 0.2) is 53.4 Å². The van der Waals surface area contributed by atoms with Gasteiger partial charge in [0.05, 0.1) is 5.69 Å². The topological polar surface area (TPSA) is 24.1 Å². The van der Waals surface area contributed by atoms with Gasteiger partial charge >= 0.3 is 0 Å². The lowest BCUT2D eigenvalue weighted by molar-refractivity contribution is 1.14. The molecule has 0 aliphatic heterocycles. The molecule has 2 aromatic rings. The van der Waals surface area contributed by atoms with Crippen molar-refractivity contribution in [3.05, 3.63) is 54.1 Å². The third-order valence-electron chi connectivity index (χ3n) is 2.98. The monoisotopic (exact) mass is 302 g/mol. The summed E-state index contributed by atoms with van der Waals surface area (Å²) in [5, 5.41) is 7.05. The molecule has 0 saturated carbocycles. The van der Waals surface area contributed by atoms with Gasteiger partial charge in [-0.15, -0.1) is 11.8 Å². The number of thioether (sulfide) groups is 1. The number of anilines is 2. The van der Waals surface area contributed by atoms with Crippen molar-refractivity contribution in [3.63, 3.8) is 0 Å². The maximum absolute atomic E-state index is 5.36. The minimum Gasteiger partial charge on any atom is -0.332 e. The predicted molar refractivity (Wildman–Crippen MR) is 93.9 cm³/mol. The van der Waals surface area contributed by atoms with Gasteiger partial charge < -0.3 is 10.6 Å². The predicted octanol–water partition coefficient (Wildman–Crippen LogP) is 4.78. The van der Waals surface area contributed by atoms with E-state index in [1.165, 1.54) is 10.5 Å². The van der Waals surface area contributed by atoms with Crippen molar-refractivity contribution in [1.29, 1.82) is 0 Å². The third kappa shape index (κ3) is 3.99. The van der Waals surface area contributed by atoms with E-state index in [-0.39, 0.29) is 0 Å². The summed E-state index contributed by atoms with van der Waals surface area (Å²) >= 11 is 7.05. The second kappa shape index (κ2) is 7.31. The molecule has 2 nitrogen and oxygen atoms in total. The number of hydrogen-bond acceptors (Lipinski definition) is 2. The summed E-state index contributed by atoms with van der Waals surface area (Å²) in [4.78, 5) is 1.18. The summed E-state index contributed by atoms with van der Waals surface area (Å²) in [6, 6.07) is 16.4. The normalized spacial score (nSPS) is 10.1. The molecule has 0 atom stereocenters. The van der Waals surface area contributed by atoms with E-state index in [0.717, 1.165) is 17.8 Å². The zero-order valence-corrected chi connectivity index (χ0v) is 13.3. The van der Waals surface area contributed by atoms with Gasteiger partial charge in [0.2, 0.25) is 0 Å². The van der Waals surface area contributed by atoms with Crippen molar-refractivity contribution in [2.75, 3.05) is 16.9 Å². The molecule has 0 aliphatic carbocycles. The van der Waals surface area contributed by atoms with E-state index < -0.39 is 0 Å². The molecular weight excluding hydrogens is 284 g/mol. The first-order valence-corrected chi connectivity index (χ1v) is 8.16. The lowest BCUT2D eigenvalue weighted by Crippen LogP contribution is -2.19. The summed E-state index contributed by atoms with van der Waals surface area (Å²) < 4.78 is 0. The summed E-state index contributed by atoms with van der Waals surface area (Å²) in [6.45, 7) is 2.15. The number of aryl methyl sites for hydroxylation is 1. The van der Waals surface area contributed by atoms with Gasteiger partial charge in [0, 0.05) is 10.6 Å². The molecular formula is C16H18N2S2. The second-order valence-corrected chi connectivity index (χ2v) is 5.59. The van der Waals surface area contributed by atoms with E-state index in [4.69, 9.17) is 12.2 Å². The van der Waals surface area contributed by atoms with Gasteiger partial charge in [-0.2, -0.15) is 0 Å². The van der Waals surface area contributed by atoms with E-state index in [1.807, 2.05) is 30.3 Å². The number of nitrogens with one attached hydrogen (secondary N) is 2. The molecule has 0 spiro atoms. The fourth-order valence-electron chi connectivity index (χ4n) is 1.86. The van der Waals surface area contributed by atoms with Gasteiger partial charge in [0.15, 0.2) is 5.11 Å². The fraction of sp³-hybridized carbons (Fsp3) is 0.188. The average molecular weight is 302 g/mol. The van der Waals surface area contributed by atoms with Crippen molar-refractivity contribution >= 4 is 40.5 Å². The molecule has 0 unspecified atom stereocenters. The van der Waals surface area contributed by atoms with Crippen LogP contribution in [0.5, 0.6) is 0 Å². The molecule has 0 radical (unpaired) electrons. The number of benzene rings is 2. The maximum atomic E-state index is 5.36. The van der Waals surface area contributed by atoms with Gasteiger partial charge in [-0.3, -0.25) is 0 Å². The Morgan fingerprint density at radius 2 is 1.75 bits per heavy atom. The SMILES string of the molecule is CCc1ccc(NC(=S)Nc2ccccc2SC)cc1. The molecule has 0 fully saturated rings. The Morgan fingerprint density at radius 3 is 2.40 bits per heavy atom. The highest BCUT2D eigenvalue weighted by atomic mass is 32.2. The summed E-state index contributed by atoms with van der Waals surface area (Å²) in [6.07, 6.45) is 3.10. The van der Waals surface area contributed by atoms with E-state index in [9.17, 15) is 0 Å². The lowest BCUT2D eigenvalue weighted by atomic mass is 10.1. The lowest BCUT2D eigenvalue weighted by Gasteiger charge is -2.13. The molecule has 0 saturated heterocycles. The first-order valence-electron chi connectivity index (χ1n) is 6.53. The van der Waals surface area contributed by atoms with Crippen LogP contribution in [0.3, 0.4) is 0 Å². The quantitative estimate of drug-likeness (QED) is 0.627. The molecule has 2 aromatic carbocycles. The van der Waals surface area contributed by atoms with Crippen molar-refractivity contribution in [2.45, 2.75) is 18.2 Å². The molecule has 20 heavy (non-hydrogen) atoms. The van der Waals surface area contributed by atoms with Crippen molar-refractivity contribution in [1.82, 2.24) is 0 Å². The van der Waals surface area contributed by atoms with Gasteiger partial charge in [-0.25, -0.2) is 0 Å². The van der Waals surface area contributed by atoms with Crippen LogP contribution in [0.25, 0.3) is 0 Å². The third-order valence-corrected chi connectivity index (χ3v) is 3.98. The number of thiocarbonyl (C=S) groups is 1. The van der Waals surface area contributed by atoms with Crippen LogP contribution in [-0.4, -0.2) is 11.4 Å². The Kier molecular flexibility index (Phi) is 5.44. The molecule has 0 heterocycles. The van der Waals surface area contributed by atoms with E-state index in [0.29, 0.717) is 5.11 Å². The Bertz CT molecular complexity index is 579. The van der Waals surface area contributed by atoms with Gasteiger partial charge in [-0.1, -0.05) is 31.2 Å². The van der Waals surface area contributed by atoms with Crippen LogP contribution in [-0.2, 0) is 6.42 Å². The summed E-state index contributed by atoms with van der Waals surface area (Å²) in [5.74, 6) is 0. The van der Waals surface area contributed by atoms with Crippen molar-refractivity contribution in [2.24, 2.45) is 0 Å². The largest absolute Gasteiger partial charge is 0.332 e. The average Bonchev–Trinajstić information content (AvgIpc) is 2.48. The Labute approximate surface area is 130 Å². The molecule has 0 aromatic heterocycles. The van der Waals surface area contributed by atoms with Crippen LogP contribution in [0, 0.1) is 0 Å². The van der Waals surface area contributed by atoms with Gasteiger partial charge in [-0.05, 0) is 54.7 Å². The molecule has 2 rings (SSSR count). The minimum atomic E-state index is 0.607. The van der Waals surface area contributed by atoms with E-state index in [2.05, 4.69) is 42.0 Å². The molecule has 2 N–H and O–H groups in total. The summed E-state index contributed by atoms with van der Waals surface area (Å²) in [7, 11) is 0. The number of rotatable bonds is 4. The van der Waals surface area contributed by atoms with Crippen LogP contribution in [0.4, 0.5) is 11.4 Å².